The lowest BCUT2D eigenvalue weighted by atomic mass is 10.1. The van der Waals surface area contributed by atoms with Gasteiger partial charge < -0.3 is 0 Å². The van der Waals surface area contributed by atoms with Crippen molar-refractivity contribution in [1.82, 2.24) is 14.3 Å². The Morgan fingerprint density at radius 3 is 2.12 bits per heavy atom. The van der Waals surface area contributed by atoms with Crippen LogP contribution in [0.15, 0.2) is 23.0 Å². The number of benzene rings is 1. The van der Waals surface area contributed by atoms with E-state index in [1.165, 1.54) is 4.68 Å². The molecule has 1 heterocycles. The highest BCUT2D eigenvalue weighted by Gasteiger charge is 2.12. The van der Waals surface area contributed by atoms with Gasteiger partial charge in [0.2, 0.25) is 0 Å². The second-order valence-corrected chi connectivity index (χ2v) is 4.03. The fourth-order valence-corrected chi connectivity index (χ4v) is 2.00. The Kier molecular flexibility index (Phi) is 2.42. The molecule has 0 fully saturated rings. The molecule has 4 nitrogen and oxygen atoms in total. The Bertz CT molecular complexity index is 573. The maximum Gasteiger partial charge on any atom is 0.350 e. The molecule has 0 atom stereocenters. The van der Waals surface area contributed by atoms with Gasteiger partial charge in [0.05, 0.1) is 5.69 Å². The van der Waals surface area contributed by atoms with Gasteiger partial charge in [-0.2, -0.15) is 5.10 Å². The maximum absolute atomic E-state index is 12.0. The molecule has 84 valence electrons. The second kappa shape index (κ2) is 3.63. The van der Waals surface area contributed by atoms with Crippen molar-refractivity contribution in [3.63, 3.8) is 0 Å². The molecule has 0 bridgehead atoms. The van der Waals surface area contributed by atoms with Crippen molar-refractivity contribution in [3.8, 4) is 5.69 Å². The van der Waals surface area contributed by atoms with E-state index in [1.54, 1.807) is 11.6 Å². The maximum atomic E-state index is 12.0. The van der Waals surface area contributed by atoms with Gasteiger partial charge in [-0.05, 0) is 31.9 Å². The van der Waals surface area contributed by atoms with E-state index >= 15 is 0 Å². The van der Waals surface area contributed by atoms with Gasteiger partial charge in [0.15, 0.2) is 0 Å². The Hall–Kier alpha value is -1.84. The lowest BCUT2D eigenvalue weighted by molar-refractivity contribution is 0.722. The second-order valence-electron chi connectivity index (χ2n) is 4.03. The minimum atomic E-state index is -0.102. The quantitative estimate of drug-likeness (QED) is 0.726. The lowest BCUT2D eigenvalue weighted by Crippen LogP contribution is -2.23. The van der Waals surface area contributed by atoms with Gasteiger partial charge in [0.1, 0.15) is 5.82 Å². The zero-order valence-corrected chi connectivity index (χ0v) is 9.98. The number of hydrogen-bond acceptors (Lipinski definition) is 2. The Labute approximate surface area is 94.1 Å². The predicted molar refractivity (Wildman–Crippen MR) is 63.0 cm³/mol. The van der Waals surface area contributed by atoms with Gasteiger partial charge in [0.25, 0.3) is 0 Å². The molecule has 0 radical (unpaired) electrons. The van der Waals surface area contributed by atoms with Crippen LogP contribution < -0.4 is 5.69 Å². The van der Waals surface area contributed by atoms with Crippen LogP contribution in [-0.4, -0.2) is 14.3 Å². The smallest absolute Gasteiger partial charge is 0.247 e. The largest absolute Gasteiger partial charge is 0.350 e. The van der Waals surface area contributed by atoms with E-state index in [1.807, 2.05) is 39.0 Å². The summed E-state index contributed by atoms with van der Waals surface area (Å²) in [7, 11) is 1.67. The van der Waals surface area contributed by atoms with Crippen molar-refractivity contribution in [3.05, 3.63) is 45.6 Å². The first-order chi connectivity index (χ1) is 7.52. The SMILES string of the molecule is Cc1cccc(C)c1-n1c(C)nn(C)c1=O. The summed E-state index contributed by atoms with van der Waals surface area (Å²) >= 11 is 0. The summed E-state index contributed by atoms with van der Waals surface area (Å²) in [5, 5.41) is 4.14. The number of aryl methyl sites for hydroxylation is 4. The van der Waals surface area contributed by atoms with Gasteiger partial charge in [-0.25, -0.2) is 14.0 Å². The van der Waals surface area contributed by atoms with Crippen molar-refractivity contribution in [1.29, 1.82) is 0 Å². The first-order valence-corrected chi connectivity index (χ1v) is 5.21. The number of rotatable bonds is 1. The van der Waals surface area contributed by atoms with Crippen molar-refractivity contribution in [2.75, 3.05) is 0 Å². The molecule has 0 saturated carbocycles. The molecule has 0 N–H and O–H groups in total. The molecule has 0 unspecified atom stereocenters. The highest BCUT2D eigenvalue weighted by molar-refractivity contribution is 5.47. The Morgan fingerprint density at radius 2 is 1.69 bits per heavy atom. The van der Waals surface area contributed by atoms with Crippen molar-refractivity contribution < 1.29 is 0 Å². The molecule has 0 saturated heterocycles. The number of hydrogen-bond donors (Lipinski definition) is 0. The van der Waals surface area contributed by atoms with Crippen LogP contribution in [0.4, 0.5) is 0 Å². The predicted octanol–water partition coefficient (Wildman–Crippen LogP) is 1.50. The fraction of sp³-hybridized carbons (Fsp3) is 0.333. The van der Waals surface area contributed by atoms with Gasteiger partial charge >= 0.3 is 5.69 Å². The number of para-hydroxylation sites is 1. The van der Waals surface area contributed by atoms with E-state index < -0.39 is 0 Å². The lowest BCUT2D eigenvalue weighted by Gasteiger charge is -2.10. The average Bonchev–Trinajstić information content (AvgIpc) is 2.44. The van der Waals surface area contributed by atoms with E-state index in [9.17, 15) is 4.79 Å². The van der Waals surface area contributed by atoms with E-state index in [0.29, 0.717) is 5.82 Å². The van der Waals surface area contributed by atoms with Gasteiger partial charge in [-0.3, -0.25) is 0 Å². The molecule has 2 rings (SSSR count). The van der Waals surface area contributed by atoms with Crippen LogP contribution in [0.1, 0.15) is 17.0 Å². The topological polar surface area (TPSA) is 39.8 Å². The summed E-state index contributed by atoms with van der Waals surface area (Å²) in [5.74, 6) is 0.713. The van der Waals surface area contributed by atoms with Gasteiger partial charge in [-0.15, -0.1) is 0 Å². The van der Waals surface area contributed by atoms with Crippen molar-refractivity contribution >= 4 is 0 Å². The first kappa shape index (κ1) is 10.7. The number of aromatic nitrogens is 3. The summed E-state index contributed by atoms with van der Waals surface area (Å²) in [5.41, 5.74) is 3.00. The van der Waals surface area contributed by atoms with E-state index in [0.717, 1.165) is 16.8 Å². The molecule has 1 aromatic heterocycles. The molecule has 0 aliphatic rings. The highest BCUT2D eigenvalue weighted by Crippen LogP contribution is 2.17. The normalized spacial score (nSPS) is 10.8. The standard InChI is InChI=1S/C12H15N3O/c1-8-6-5-7-9(2)11(8)15-10(3)13-14(4)12(15)16/h5-7H,1-4H3. The molecule has 0 spiro atoms. The van der Waals surface area contributed by atoms with Crippen LogP contribution in [0.3, 0.4) is 0 Å². The van der Waals surface area contributed by atoms with Crippen LogP contribution in [-0.2, 0) is 7.05 Å². The monoisotopic (exact) mass is 217 g/mol. The zero-order valence-electron chi connectivity index (χ0n) is 9.98. The molecule has 16 heavy (non-hydrogen) atoms. The van der Waals surface area contributed by atoms with E-state index in [4.69, 9.17) is 0 Å². The molecule has 2 aromatic rings. The third-order valence-electron chi connectivity index (χ3n) is 2.75. The van der Waals surface area contributed by atoms with Crippen LogP contribution in [0.2, 0.25) is 0 Å². The highest BCUT2D eigenvalue weighted by atomic mass is 16.2. The fourth-order valence-electron chi connectivity index (χ4n) is 2.00. The summed E-state index contributed by atoms with van der Waals surface area (Å²) in [6.45, 7) is 5.84. The molecule has 0 aliphatic heterocycles. The summed E-state index contributed by atoms with van der Waals surface area (Å²) in [6.07, 6.45) is 0. The Morgan fingerprint density at radius 1 is 1.12 bits per heavy atom. The third kappa shape index (κ3) is 1.46. The molecule has 0 amide bonds. The van der Waals surface area contributed by atoms with Crippen molar-refractivity contribution in [2.45, 2.75) is 20.8 Å². The van der Waals surface area contributed by atoms with E-state index in [2.05, 4.69) is 5.10 Å². The van der Waals surface area contributed by atoms with Crippen molar-refractivity contribution in [2.24, 2.45) is 7.05 Å². The minimum absolute atomic E-state index is 0.102. The molecule has 4 heteroatoms. The minimum Gasteiger partial charge on any atom is -0.247 e. The Balaban J connectivity index is 2.82. The van der Waals surface area contributed by atoms with Crippen LogP contribution in [0.25, 0.3) is 5.69 Å². The molecular weight excluding hydrogens is 202 g/mol. The van der Waals surface area contributed by atoms with Gasteiger partial charge in [0, 0.05) is 7.05 Å². The first-order valence-electron chi connectivity index (χ1n) is 5.21. The van der Waals surface area contributed by atoms with E-state index in [-0.39, 0.29) is 5.69 Å². The van der Waals surface area contributed by atoms with Crippen LogP contribution in [0.5, 0.6) is 0 Å². The molecular formula is C12H15N3O. The third-order valence-corrected chi connectivity index (χ3v) is 2.75. The van der Waals surface area contributed by atoms with Gasteiger partial charge in [-0.1, -0.05) is 18.2 Å². The zero-order chi connectivity index (χ0) is 11.9. The molecule has 0 aliphatic carbocycles. The van der Waals surface area contributed by atoms with Crippen LogP contribution >= 0.6 is 0 Å². The summed E-state index contributed by atoms with van der Waals surface area (Å²) < 4.78 is 3.02. The average molecular weight is 217 g/mol. The summed E-state index contributed by atoms with van der Waals surface area (Å²) in [4.78, 5) is 12.0. The summed E-state index contributed by atoms with van der Waals surface area (Å²) in [6, 6.07) is 5.99. The molecule has 1 aromatic carbocycles. The number of nitrogens with zero attached hydrogens (tertiary/aromatic N) is 3. The van der Waals surface area contributed by atoms with Crippen LogP contribution in [0, 0.1) is 20.8 Å².